The molecule has 22 heavy (non-hydrogen) atoms. The van der Waals surface area contributed by atoms with Crippen LogP contribution >= 0.6 is 0 Å². The van der Waals surface area contributed by atoms with Gasteiger partial charge in [-0.3, -0.25) is 9.59 Å². The summed E-state index contributed by atoms with van der Waals surface area (Å²) in [6, 6.07) is -0.199. The van der Waals surface area contributed by atoms with Crippen molar-refractivity contribution >= 4 is 27.7 Å². The lowest BCUT2D eigenvalue weighted by molar-refractivity contribution is -0.146. The quantitative estimate of drug-likeness (QED) is 0.720. The second kappa shape index (κ2) is 5.24. The van der Waals surface area contributed by atoms with Gasteiger partial charge in [-0.15, -0.1) is 4.40 Å². The highest BCUT2D eigenvalue weighted by atomic mass is 32.2. The molecule has 118 valence electrons. The van der Waals surface area contributed by atoms with Gasteiger partial charge in [0.2, 0.25) is 0 Å². The maximum Gasteiger partial charge on any atom is 0.306 e. The molecule has 0 unspecified atom stereocenters. The number of carboxylic acids is 1. The number of amides is 1. The standard InChI is InChI=1S/C13H15N3O5S/c17-12(14-9-6-8(7-9)13(18)19)10-2-1-3-16-4-5-22(20,21)15-11(10)16/h1-3,8-9H,4-7H2,(H,14,17)(H,18,19). The molecule has 0 radical (unpaired) electrons. The Kier molecular flexibility index (Phi) is 3.51. The number of rotatable bonds is 3. The molecule has 8 nitrogen and oxygen atoms in total. The number of nitrogens with zero attached hydrogens (tertiary/aromatic N) is 2. The zero-order valence-electron chi connectivity index (χ0n) is 11.6. The summed E-state index contributed by atoms with van der Waals surface area (Å²) in [5.74, 6) is -1.67. The van der Waals surface area contributed by atoms with Crippen molar-refractivity contribution in [3.63, 3.8) is 0 Å². The molecule has 0 bridgehead atoms. The van der Waals surface area contributed by atoms with E-state index in [1.165, 1.54) is 6.08 Å². The van der Waals surface area contributed by atoms with Crippen LogP contribution in [0.15, 0.2) is 28.3 Å². The fraction of sp³-hybridized carbons (Fsp3) is 0.462. The van der Waals surface area contributed by atoms with E-state index < -0.39 is 27.8 Å². The van der Waals surface area contributed by atoms with Gasteiger partial charge in [-0.2, -0.15) is 0 Å². The summed E-state index contributed by atoms with van der Waals surface area (Å²) in [5, 5.41) is 11.5. The van der Waals surface area contributed by atoms with Crippen molar-refractivity contribution in [1.82, 2.24) is 10.2 Å². The Bertz CT molecular complexity index is 716. The van der Waals surface area contributed by atoms with E-state index in [0.717, 1.165) is 0 Å². The van der Waals surface area contributed by atoms with Gasteiger partial charge >= 0.3 is 5.97 Å². The molecule has 2 heterocycles. The van der Waals surface area contributed by atoms with Gasteiger partial charge in [-0.1, -0.05) is 0 Å². The van der Waals surface area contributed by atoms with E-state index in [-0.39, 0.29) is 29.7 Å². The van der Waals surface area contributed by atoms with Crippen LogP contribution in [0.4, 0.5) is 0 Å². The minimum Gasteiger partial charge on any atom is -0.481 e. The molecule has 3 rings (SSSR count). The number of hydrogen-bond acceptors (Lipinski definition) is 5. The summed E-state index contributed by atoms with van der Waals surface area (Å²) in [6.07, 6.45) is 5.62. The minimum absolute atomic E-state index is 0.0847. The van der Waals surface area contributed by atoms with Gasteiger partial charge in [0.1, 0.15) is 0 Å². The maximum atomic E-state index is 12.3. The molecule has 2 aliphatic heterocycles. The molecule has 1 amide bonds. The normalized spacial score (nSPS) is 28.8. The Balaban J connectivity index is 1.72. The molecular weight excluding hydrogens is 310 g/mol. The second-order valence-corrected chi connectivity index (χ2v) is 7.25. The fourth-order valence-corrected chi connectivity index (χ4v) is 3.58. The van der Waals surface area contributed by atoms with E-state index in [1.807, 2.05) is 0 Å². The summed E-state index contributed by atoms with van der Waals surface area (Å²) < 4.78 is 26.9. The van der Waals surface area contributed by atoms with Gasteiger partial charge in [0.05, 0.1) is 17.2 Å². The van der Waals surface area contributed by atoms with Crippen LogP contribution in [0, 0.1) is 5.92 Å². The van der Waals surface area contributed by atoms with Gasteiger partial charge < -0.3 is 15.3 Å². The number of carbonyl (C=O) groups is 2. The average molecular weight is 325 g/mol. The Morgan fingerprint density at radius 3 is 2.77 bits per heavy atom. The molecule has 0 aromatic carbocycles. The summed E-state index contributed by atoms with van der Waals surface area (Å²) >= 11 is 0. The smallest absolute Gasteiger partial charge is 0.306 e. The number of aliphatic carboxylic acids is 1. The van der Waals surface area contributed by atoms with Crippen LogP contribution in [0.1, 0.15) is 12.8 Å². The first-order valence-corrected chi connectivity index (χ1v) is 8.48. The Morgan fingerprint density at radius 1 is 1.36 bits per heavy atom. The van der Waals surface area contributed by atoms with Gasteiger partial charge in [0.15, 0.2) is 5.84 Å². The molecule has 1 aliphatic carbocycles. The summed E-state index contributed by atoms with van der Waals surface area (Å²) in [6.45, 7) is 0.257. The molecule has 2 N–H and O–H groups in total. The van der Waals surface area contributed by atoms with Crippen molar-refractivity contribution in [2.45, 2.75) is 18.9 Å². The predicted molar refractivity (Wildman–Crippen MR) is 77.4 cm³/mol. The van der Waals surface area contributed by atoms with Crippen molar-refractivity contribution in [3.8, 4) is 0 Å². The lowest BCUT2D eigenvalue weighted by Gasteiger charge is -2.34. The minimum atomic E-state index is -3.55. The number of fused-ring (bicyclic) bond motifs is 1. The van der Waals surface area contributed by atoms with E-state index in [2.05, 4.69) is 9.71 Å². The van der Waals surface area contributed by atoms with Crippen molar-refractivity contribution in [2.75, 3.05) is 12.3 Å². The second-order valence-electron chi connectivity index (χ2n) is 5.49. The molecule has 0 aromatic rings. The lowest BCUT2D eigenvalue weighted by atomic mass is 9.80. The number of hydrogen-bond donors (Lipinski definition) is 2. The van der Waals surface area contributed by atoms with Crippen LogP contribution < -0.4 is 5.32 Å². The Labute approximate surface area is 127 Å². The topological polar surface area (TPSA) is 116 Å². The highest BCUT2D eigenvalue weighted by molar-refractivity contribution is 7.90. The number of nitrogens with one attached hydrogen (secondary N) is 1. The SMILES string of the molecule is O=C(NC1CC(C(=O)O)C1)C1=CC=CN2CCS(=O)(=O)N=C12. The van der Waals surface area contributed by atoms with Gasteiger partial charge in [-0.05, 0) is 25.0 Å². The van der Waals surface area contributed by atoms with Crippen LogP contribution in [-0.4, -0.2) is 54.5 Å². The van der Waals surface area contributed by atoms with E-state index in [0.29, 0.717) is 12.8 Å². The maximum absolute atomic E-state index is 12.3. The van der Waals surface area contributed by atoms with Crippen LogP contribution in [0.3, 0.4) is 0 Å². The molecule has 0 atom stereocenters. The third-order valence-corrected chi connectivity index (χ3v) is 5.07. The van der Waals surface area contributed by atoms with Crippen LogP contribution in [0.2, 0.25) is 0 Å². The highest BCUT2D eigenvalue weighted by Crippen LogP contribution is 2.28. The van der Waals surface area contributed by atoms with Crippen molar-refractivity contribution < 1.29 is 23.1 Å². The molecule has 9 heteroatoms. The zero-order valence-corrected chi connectivity index (χ0v) is 12.4. The van der Waals surface area contributed by atoms with Crippen molar-refractivity contribution in [1.29, 1.82) is 0 Å². The van der Waals surface area contributed by atoms with E-state index >= 15 is 0 Å². The zero-order chi connectivity index (χ0) is 15.9. The van der Waals surface area contributed by atoms with E-state index in [4.69, 9.17) is 5.11 Å². The summed E-state index contributed by atoms with van der Waals surface area (Å²) in [5.41, 5.74) is 0.185. The largest absolute Gasteiger partial charge is 0.481 e. The van der Waals surface area contributed by atoms with Crippen molar-refractivity contribution in [2.24, 2.45) is 10.3 Å². The molecule has 1 saturated carbocycles. The first-order chi connectivity index (χ1) is 10.4. The fourth-order valence-electron chi connectivity index (χ4n) is 2.59. The summed E-state index contributed by atoms with van der Waals surface area (Å²) in [7, 11) is -3.55. The van der Waals surface area contributed by atoms with Crippen molar-refractivity contribution in [3.05, 3.63) is 23.9 Å². The number of sulfonamides is 1. The molecular formula is C13H15N3O5S. The van der Waals surface area contributed by atoms with E-state index in [9.17, 15) is 18.0 Å². The lowest BCUT2D eigenvalue weighted by Crippen LogP contribution is -2.49. The number of carbonyl (C=O) groups excluding carboxylic acids is 1. The number of carboxylic acid groups (broad SMARTS) is 1. The van der Waals surface area contributed by atoms with Gasteiger partial charge in [-0.25, -0.2) is 8.42 Å². The highest BCUT2D eigenvalue weighted by Gasteiger charge is 2.37. The Morgan fingerprint density at radius 2 is 2.09 bits per heavy atom. The number of allylic oxidation sites excluding steroid dienone is 2. The van der Waals surface area contributed by atoms with Crippen LogP contribution in [0.25, 0.3) is 0 Å². The first kappa shape index (κ1) is 14.8. The molecule has 1 fully saturated rings. The van der Waals surface area contributed by atoms with Gasteiger partial charge in [0.25, 0.3) is 15.9 Å². The third kappa shape index (κ3) is 2.76. The van der Waals surface area contributed by atoms with Gasteiger partial charge in [0, 0.05) is 18.8 Å². The van der Waals surface area contributed by atoms with Crippen LogP contribution in [-0.2, 0) is 19.6 Å². The first-order valence-electron chi connectivity index (χ1n) is 6.87. The van der Waals surface area contributed by atoms with E-state index in [1.54, 1.807) is 17.2 Å². The number of amidine groups is 1. The molecule has 0 saturated heterocycles. The predicted octanol–water partition coefficient (Wildman–Crippen LogP) is -0.537. The molecule has 3 aliphatic rings. The monoisotopic (exact) mass is 325 g/mol. The third-order valence-electron chi connectivity index (χ3n) is 3.92. The van der Waals surface area contributed by atoms with Crippen LogP contribution in [0.5, 0.6) is 0 Å². The molecule has 0 spiro atoms. The average Bonchev–Trinajstić information content (AvgIpc) is 2.40. The summed E-state index contributed by atoms with van der Waals surface area (Å²) in [4.78, 5) is 24.7. The Hall–Kier alpha value is -2.16. The molecule has 0 aromatic heterocycles.